The highest BCUT2D eigenvalue weighted by Crippen LogP contribution is 2.21. The number of aromatic amines is 1. The third-order valence-electron chi connectivity index (χ3n) is 3.29. The summed E-state index contributed by atoms with van der Waals surface area (Å²) in [5.74, 6) is 0.764. The first-order chi connectivity index (χ1) is 8.74. The first-order valence-corrected chi connectivity index (χ1v) is 6.49. The zero-order chi connectivity index (χ0) is 13.0. The molecule has 1 saturated carbocycles. The molecule has 2 rings (SSSR count). The minimum absolute atomic E-state index is 0.0793. The summed E-state index contributed by atoms with van der Waals surface area (Å²) in [5.41, 5.74) is 0. The summed E-state index contributed by atoms with van der Waals surface area (Å²) >= 11 is 0. The van der Waals surface area contributed by atoms with E-state index in [0.717, 1.165) is 37.9 Å². The van der Waals surface area contributed by atoms with E-state index in [1.54, 1.807) is 7.11 Å². The topological polar surface area (TPSA) is 79.9 Å². The standard InChI is InChI=1S/C12H20N4O2/c1-3-5-10-14-11(16-15-10)12(17)13-8-6-4-7-9(8)18-2/h8-9H,3-7H2,1-2H3,(H,13,17)(H,14,15,16). The first kappa shape index (κ1) is 13.0. The van der Waals surface area contributed by atoms with Crippen molar-refractivity contribution in [2.24, 2.45) is 0 Å². The van der Waals surface area contributed by atoms with Gasteiger partial charge in [-0.05, 0) is 25.7 Å². The summed E-state index contributed by atoms with van der Waals surface area (Å²) in [6.45, 7) is 2.06. The van der Waals surface area contributed by atoms with Gasteiger partial charge < -0.3 is 10.1 Å². The Morgan fingerprint density at radius 3 is 3.11 bits per heavy atom. The van der Waals surface area contributed by atoms with Crippen LogP contribution in [0.1, 0.15) is 49.1 Å². The molecule has 0 saturated heterocycles. The maximum Gasteiger partial charge on any atom is 0.291 e. The predicted octanol–water partition coefficient (Wildman–Crippen LogP) is 1.05. The van der Waals surface area contributed by atoms with Crippen LogP contribution >= 0.6 is 0 Å². The van der Waals surface area contributed by atoms with Gasteiger partial charge in [-0.3, -0.25) is 9.89 Å². The van der Waals surface area contributed by atoms with Gasteiger partial charge in [0, 0.05) is 13.5 Å². The number of carbonyl (C=O) groups excluding carboxylic acids is 1. The Kier molecular flexibility index (Phi) is 4.30. The molecule has 2 N–H and O–H groups in total. The summed E-state index contributed by atoms with van der Waals surface area (Å²) in [6, 6.07) is 0.0793. The van der Waals surface area contributed by atoms with Crippen molar-refractivity contribution in [3.05, 3.63) is 11.6 Å². The van der Waals surface area contributed by atoms with Crippen LogP contribution in [0.25, 0.3) is 0 Å². The Labute approximate surface area is 107 Å². The number of carbonyl (C=O) groups is 1. The highest BCUT2D eigenvalue weighted by molar-refractivity contribution is 5.90. The molecule has 1 heterocycles. The van der Waals surface area contributed by atoms with Gasteiger partial charge in [0.25, 0.3) is 5.91 Å². The molecule has 0 bridgehead atoms. The lowest BCUT2D eigenvalue weighted by Gasteiger charge is -2.18. The van der Waals surface area contributed by atoms with Crippen molar-refractivity contribution in [1.82, 2.24) is 20.5 Å². The van der Waals surface area contributed by atoms with Gasteiger partial charge in [0.05, 0.1) is 12.1 Å². The number of H-pyrrole nitrogens is 1. The van der Waals surface area contributed by atoms with E-state index in [1.165, 1.54) is 0 Å². The zero-order valence-corrected chi connectivity index (χ0v) is 10.9. The molecule has 0 spiro atoms. The average molecular weight is 252 g/mol. The molecule has 1 aromatic rings. The number of amides is 1. The highest BCUT2D eigenvalue weighted by atomic mass is 16.5. The number of ether oxygens (including phenoxy) is 1. The molecule has 0 aliphatic heterocycles. The molecular formula is C12H20N4O2. The number of methoxy groups -OCH3 is 1. The normalized spacial score (nSPS) is 23.2. The molecule has 1 aliphatic carbocycles. The first-order valence-electron chi connectivity index (χ1n) is 6.49. The van der Waals surface area contributed by atoms with E-state index >= 15 is 0 Å². The Balaban J connectivity index is 1.94. The van der Waals surface area contributed by atoms with Gasteiger partial charge in [0.2, 0.25) is 5.82 Å². The smallest absolute Gasteiger partial charge is 0.291 e. The molecule has 0 aromatic carbocycles. The van der Waals surface area contributed by atoms with Gasteiger partial charge >= 0.3 is 0 Å². The second kappa shape index (κ2) is 5.95. The number of rotatable bonds is 5. The van der Waals surface area contributed by atoms with Crippen molar-refractivity contribution in [1.29, 1.82) is 0 Å². The van der Waals surface area contributed by atoms with Crippen molar-refractivity contribution >= 4 is 5.91 Å². The maximum absolute atomic E-state index is 12.0. The quantitative estimate of drug-likeness (QED) is 0.821. The van der Waals surface area contributed by atoms with Crippen LogP contribution in [0.2, 0.25) is 0 Å². The van der Waals surface area contributed by atoms with Gasteiger partial charge in [-0.2, -0.15) is 0 Å². The molecule has 6 heteroatoms. The van der Waals surface area contributed by atoms with E-state index in [0.29, 0.717) is 0 Å². The molecule has 2 atom stereocenters. The lowest BCUT2D eigenvalue weighted by Crippen LogP contribution is -2.41. The van der Waals surface area contributed by atoms with Crippen molar-refractivity contribution in [3.8, 4) is 0 Å². The van der Waals surface area contributed by atoms with E-state index in [1.807, 2.05) is 0 Å². The van der Waals surface area contributed by atoms with Gasteiger partial charge in [-0.1, -0.05) is 6.92 Å². The van der Waals surface area contributed by atoms with Gasteiger partial charge in [-0.25, -0.2) is 4.98 Å². The van der Waals surface area contributed by atoms with Crippen LogP contribution in [0.15, 0.2) is 0 Å². The van der Waals surface area contributed by atoms with Crippen LogP contribution in [0.4, 0.5) is 0 Å². The fourth-order valence-corrected chi connectivity index (χ4v) is 2.35. The Morgan fingerprint density at radius 1 is 1.56 bits per heavy atom. The highest BCUT2D eigenvalue weighted by Gasteiger charge is 2.29. The van der Waals surface area contributed by atoms with E-state index < -0.39 is 0 Å². The molecule has 1 fully saturated rings. The largest absolute Gasteiger partial charge is 0.379 e. The minimum atomic E-state index is -0.220. The van der Waals surface area contributed by atoms with Crippen molar-refractivity contribution in [3.63, 3.8) is 0 Å². The Bertz CT molecular complexity index is 405. The maximum atomic E-state index is 12.0. The molecule has 100 valence electrons. The third kappa shape index (κ3) is 2.87. The van der Waals surface area contributed by atoms with Crippen LogP contribution < -0.4 is 5.32 Å². The van der Waals surface area contributed by atoms with Gasteiger partial charge in [0.15, 0.2) is 0 Å². The molecule has 1 amide bonds. The monoisotopic (exact) mass is 252 g/mol. The molecule has 0 radical (unpaired) electrons. The molecule has 1 aromatic heterocycles. The summed E-state index contributed by atoms with van der Waals surface area (Å²) in [6.07, 6.45) is 4.93. The molecule has 1 aliphatic rings. The van der Waals surface area contributed by atoms with Crippen molar-refractivity contribution in [2.75, 3.05) is 7.11 Å². The lowest BCUT2D eigenvalue weighted by atomic mass is 10.2. The molecule has 6 nitrogen and oxygen atoms in total. The summed E-state index contributed by atoms with van der Waals surface area (Å²) in [4.78, 5) is 16.1. The fourth-order valence-electron chi connectivity index (χ4n) is 2.35. The lowest BCUT2D eigenvalue weighted by molar-refractivity contribution is 0.0716. The minimum Gasteiger partial charge on any atom is -0.379 e. The SMILES string of the molecule is CCCc1nc(C(=O)NC2CCCC2OC)n[nH]1. The number of aryl methyl sites for hydroxylation is 1. The third-order valence-corrected chi connectivity index (χ3v) is 3.29. The van der Waals surface area contributed by atoms with Crippen molar-refractivity contribution < 1.29 is 9.53 Å². The molecule has 18 heavy (non-hydrogen) atoms. The number of aromatic nitrogens is 3. The number of hydrogen-bond donors (Lipinski definition) is 2. The van der Waals surface area contributed by atoms with Gasteiger partial charge in [-0.15, -0.1) is 5.10 Å². The van der Waals surface area contributed by atoms with E-state index in [9.17, 15) is 4.79 Å². The van der Waals surface area contributed by atoms with E-state index in [4.69, 9.17) is 4.74 Å². The zero-order valence-electron chi connectivity index (χ0n) is 10.9. The Hall–Kier alpha value is -1.43. The summed E-state index contributed by atoms with van der Waals surface area (Å²) < 4.78 is 5.34. The average Bonchev–Trinajstić information content (AvgIpc) is 2.98. The van der Waals surface area contributed by atoms with Crippen LogP contribution in [-0.4, -0.2) is 40.3 Å². The van der Waals surface area contributed by atoms with Crippen LogP contribution in [0.3, 0.4) is 0 Å². The summed E-state index contributed by atoms with van der Waals surface area (Å²) in [5, 5.41) is 9.67. The summed E-state index contributed by atoms with van der Waals surface area (Å²) in [7, 11) is 1.68. The van der Waals surface area contributed by atoms with E-state index in [2.05, 4.69) is 27.4 Å². The number of nitrogens with zero attached hydrogens (tertiary/aromatic N) is 2. The van der Waals surface area contributed by atoms with Crippen LogP contribution in [0, 0.1) is 0 Å². The Morgan fingerprint density at radius 2 is 2.39 bits per heavy atom. The number of hydrogen-bond acceptors (Lipinski definition) is 4. The second-order valence-electron chi connectivity index (χ2n) is 4.64. The van der Waals surface area contributed by atoms with Crippen LogP contribution in [-0.2, 0) is 11.2 Å². The van der Waals surface area contributed by atoms with Crippen molar-refractivity contribution in [2.45, 2.75) is 51.2 Å². The van der Waals surface area contributed by atoms with E-state index in [-0.39, 0.29) is 23.9 Å². The van der Waals surface area contributed by atoms with Gasteiger partial charge in [0.1, 0.15) is 5.82 Å². The van der Waals surface area contributed by atoms with Crippen LogP contribution in [0.5, 0.6) is 0 Å². The molecular weight excluding hydrogens is 232 g/mol. The molecule has 2 unspecified atom stereocenters. The second-order valence-corrected chi connectivity index (χ2v) is 4.64. The predicted molar refractivity (Wildman–Crippen MR) is 66.3 cm³/mol. The fraction of sp³-hybridized carbons (Fsp3) is 0.750. The number of nitrogens with one attached hydrogen (secondary N) is 2.